The highest BCUT2D eigenvalue weighted by atomic mass is 32.2. The number of thioether (sulfide) groups is 1. The first-order chi connectivity index (χ1) is 11.6. The Morgan fingerprint density at radius 3 is 2.50 bits per heavy atom. The summed E-state index contributed by atoms with van der Waals surface area (Å²) in [6.07, 6.45) is 1.23. The van der Waals surface area contributed by atoms with Crippen LogP contribution < -0.4 is 10.5 Å². The molecule has 0 aliphatic heterocycles. The lowest BCUT2D eigenvalue weighted by Gasteiger charge is -2.06. The first kappa shape index (κ1) is 17.9. The van der Waals surface area contributed by atoms with Gasteiger partial charge in [-0.25, -0.2) is 8.78 Å². The number of rotatable bonds is 6. The molecule has 0 saturated heterocycles. The van der Waals surface area contributed by atoms with Crippen molar-refractivity contribution in [2.45, 2.75) is 12.7 Å². The number of nitrogens with two attached hydrogens (primary N) is 1. The van der Waals surface area contributed by atoms with Crippen LogP contribution in [0.15, 0.2) is 52.7 Å². The number of benzene rings is 2. The zero-order valence-electron chi connectivity index (χ0n) is 13.1. The van der Waals surface area contributed by atoms with Crippen LogP contribution in [0.25, 0.3) is 0 Å². The molecule has 0 aromatic heterocycles. The third-order valence-corrected chi connectivity index (χ3v) is 3.76. The zero-order valence-corrected chi connectivity index (χ0v) is 13.9. The van der Waals surface area contributed by atoms with E-state index < -0.39 is 17.4 Å². The predicted molar refractivity (Wildman–Crippen MR) is 94.5 cm³/mol. The second kappa shape index (κ2) is 9.02. The maximum atomic E-state index is 13.7. The second-order valence-corrected chi connectivity index (χ2v) is 5.70. The molecule has 0 heterocycles. The summed E-state index contributed by atoms with van der Waals surface area (Å²) in [4.78, 5) is 0. The van der Waals surface area contributed by atoms with Gasteiger partial charge in [-0.3, -0.25) is 0 Å². The highest BCUT2D eigenvalue weighted by molar-refractivity contribution is 8.13. The highest BCUT2D eigenvalue weighted by Gasteiger charge is 2.11. The van der Waals surface area contributed by atoms with Crippen LogP contribution in [0.2, 0.25) is 0 Å². The number of halogens is 2. The molecule has 0 aliphatic carbocycles. The van der Waals surface area contributed by atoms with Crippen LogP contribution >= 0.6 is 11.8 Å². The van der Waals surface area contributed by atoms with Gasteiger partial charge in [0.05, 0.1) is 12.8 Å². The van der Waals surface area contributed by atoms with Crippen LogP contribution in [-0.4, -0.2) is 18.0 Å². The maximum absolute atomic E-state index is 13.7. The van der Waals surface area contributed by atoms with Crippen molar-refractivity contribution in [1.82, 2.24) is 0 Å². The van der Waals surface area contributed by atoms with Gasteiger partial charge in [0.2, 0.25) is 0 Å². The third-order valence-electron chi connectivity index (χ3n) is 2.90. The van der Waals surface area contributed by atoms with Gasteiger partial charge in [-0.05, 0) is 24.6 Å². The summed E-state index contributed by atoms with van der Waals surface area (Å²) in [5, 5.41) is 7.82. The Morgan fingerprint density at radius 1 is 1.21 bits per heavy atom. The smallest absolute Gasteiger partial charge is 0.190 e. The van der Waals surface area contributed by atoms with Crippen molar-refractivity contribution in [2.24, 2.45) is 15.9 Å². The Morgan fingerprint density at radius 2 is 1.88 bits per heavy atom. The van der Waals surface area contributed by atoms with Crippen LogP contribution in [0.4, 0.5) is 8.78 Å². The molecule has 0 unspecified atom stereocenters. The lowest BCUT2D eigenvalue weighted by molar-refractivity contribution is 0.302. The average Bonchev–Trinajstić information content (AvgIpc) is 2.57. The summed E-state index contributed by atoms with van der Waals surface area (Å²) in [6, 6.07) is 12.0. The van der Waals surface area contributed by atoms with Gasteiger partial charge in [0, 0.05) is 11.3 Å². The number of amidine groups is 1. The van der Waals surface area contributed by atoms with E-state index in [1.54, 1.807) is 6.92 Å². The number of hydrogen-bond acceptors (Lipinski definition) is 4. The van der Waals surface area contributed by atoms with E-state index in [1.807, 2.05) is 30.3 Å². The molecular formula is C17H17F2N3OS. The lowest BCUT2D eigenvalue weighted by Crippen LogP contribution is -2.06. The molecule has 0 amide bonds. The molecular weight excluding hydrogens is 332 g/mol. The molecule has 2 rings (SSSR count). The average molecular weight is 349 g/mol. The molecule has 2 aromatic carbocycles. The van der Waals surface area contributed by atoms with Gasteiger partial charge in [-0.15, -0.1) is 5.10 Å². The minimum Gasteiger partial charge on any atom is -0.488 e. The summed E-state index contributed by atoms with van der Waals surface area (Å²) < 4.78 is 32.3. The quantitative estimate of drug-likeness (QED) is 0.488. The fraction of sp³-hybridized carbons (Fsp3) is 0.176. The summed E-state index contributed by atoms with van der Waals surface area (Å²) in [5.74, 6) is -1.30. The van der Waals surface area contributed by atoms with E-state index in [0.717, 1.165) is 17.7 Å². The van der Waals surface area contributed by atoms with Crippen molar-refractivity contribution in [3.63, 3.8) is 0 Å². The maximum Gasteiger partial charge on any atom is 0.190 e. The van der Waals surface area contributed by atoms with Gasteiger partial charge in [-0.1, -0.05) is 42.1 Å². The largest absolute Gasteiger partial charge is 0.488 e. The Labute approximate surface area is 143 Å². The minimum atomic E-state index is -0.784. The SMILES string of the molecule is CCOc1c(F)cc(C=NN=C(N)SCc2ccccc2)cc1F. The van der Waals surface area contributed by atoms with Crippen molar-refractivity contribution in [2.75, 3.05) is 6.61 Å². The number of nitrogens with zero attached hydrogens (tertiary/aromatic N) is 2. The van der Waals surface area contributed by atoms with Crippen LogP contribution in [-0.2, 0) is 5.75 Å². The molecule has 0 atom stereocenters. The first-order valence-electron chi connectivity index (χ1n) is 7.25. The lowest BCUT2D eigenvalue weighted by atomic mass is 10.2. The van der Waals surface area contributed by atoms with E-state index >= 15 is 0 Å². The van der Waals surface area contributed by atoms with Crippen molar-refractivity contribution in [3.05, 3.63) is 65.2 Å². The molecule has 4 nitrogen and oxygen atoms in total. The normalized spacial score (nSPS) is 11.9. The van der Waals surface area contributed by atoms with Gasteiger partial charge >= 0.3 is 0 Å². The first-order valence-corrected chi connectivity index (χ1v) is 8.23. The van der Waals surface area contributed by atoms with Crippen molar-refractivity contribution in [1.29, 1.82) is 0 Å². The zero-order chi connectivity index (χ0) is 17.4. The van der Waals surface area contributed by atoms with Crippen LogP contribution in [0.3, 0.4) is 0 Å². The van der Waals surface area contributed by atoms with Crippen molar-refractivity contribution >= 4 is 23.1 Å². The standard InChI is InChI=1S/C17H17F2N3OS/c1-2-23-16-14(18)8-13(9-15(16)19)10-21-22-17(20)24-11-12-6-4-3-5-7-12/h3-10H,2,11H2,1H3,(H2,20,22). The summed E-state index contributed by atoms with van der Waals surface area (Å²) >= 11 is 1.33. The third kappa shape index (κ3) is 5.34. The van der Waals surface area contributed by atoms with E-state index in [-0.39, 0.29) is 17.3 Å². The summed E-state index contributed by atoms with van der Waals surface area (Å²) in [6.45, 7) is 1.83. The molecule has 2 aromatic rings. The van der Waals surface area contributed by atoms with E-state index in [4.69, 9.17) is 10.5 Å². The molecule has 0 saturated carbocycles. The minimum absolute atomic E-state index is 0.181. The molecule has 0 spiro atoms. The van der Waals surface area contributed by atoms with Gasteiger partial charge in [0.25, 0.3) is 0 Å². The number of ether oxygens (including phenoxy) is 1. The molecule has 0 bridgehead atoms. The van der Waals surface area contributed by atoms with Crippen molar-refractivity contribution in [3.8, 4) is 5.75 Å². The summed E-state index contributed by atoms with van der Waals surface area (Å²) in [5.41, 5.74) is 7.09. The Bertz CT molecular complexity index is 713. The highest BCUT2D eigenvalue weighted by Crippen LogP contribution is 2.22. The molecule has 0 radical (unpaired) electrons. The van der Waals surface area contributed by atoms with Gasteiger partial charge in [0.1, 0.15) is 0 Å². The van der Waals surface area contributed by atoms with Gasteiger partial charge in [-0.2, -0.15) is 5.10 Å². The molecule has 0 fully saturated rings. The molecule has 2 N–H and O–H groups in total. The molecule has 7 heteroatoms. The van der Waals surface area contributed by atoms with Crippen molar-refractivity contribution < 1.29 is 13.5 Å². The van der Waals surface area contributed by atoms with Crippen LogP contribution in [0.5, 0.6) is 5.75 Å². The fourth-order valence-corrected chi connectivity index (χ4v) is 2.46. The Kier molecular flexibility index (Phi) is 6.74. The monoisotopic (exact) mass is 349 g/mol. The predicted octanol–water partition coefficient (Wildman–Crippen LogP) is 3.95. The summed E-state index contributed by atoms with van der Waals surface area (Å²) in [7, 11) is 0. The topological polar surface area (TPSA) is 60.0 Å². The molecule has 24 heavy (non-hydrogen) atoms. The van der Waals surface area contributed by atoms with Gasteiger partial charge in [0.15, 0.2) is 22.6 Å². The Balaban J connectivity index is 1.97. The van der Waals surface area contributed by atoms with E-state index in [1.165, 1.54) is 18.0 Å². The van der Waals surface area contributed by atoms with Gasteiger partial charge < -0.3 is 10.5 Å². The second-order valence-electron chi connectivity index (χ2n) is 4.70. The van der Waals surface area contributed by atoms with E-state index in [2.05, 4.69) is 10.2 Å². The van der Waals surface area contributed by atoms with Crippen LogP contribution in [0, 0.1) is 11.6 Å². The molecule has 0 aliphatic rings. The molecule has 126 valence electrons. The van der Waals surface area contributed by atoms with E-state index in [9.17, 15) is 8.78 Å². The number of hydrogen-bond donors (Lipinski definition) is 1. The van der Waals surface area contributed by atoms with Crippen LogP contribution in [0.1, 0.15) is 18.1 Å². The van der Waals surface area contributed by atoms with E-state index in [0.29, 0.717) is 5.75 Å². The fourth-order valence-electron chi connectivity index (χ4n) is 1.85. The Hall–Kier alpha value is -2.41.